The van der Waals surface area contributed by atoms with Crippen molar-refractivity contribution in [3.05, 3.63) is 76.9 Å². The summed E-state index contributed by atoms with van der Waals surface area (Å²) >= 11 is 12.0. The topological polar surface area (TPSA) is 73.1 Å². The van der Waals surface area contributed by atoms with Crippen molar-refractivity contribution in [3.8, 4) is 11.5 Å². The van der Waals surface area contributed by atoms with Gasteiger partial charge in [-0.05, 0) is 47.9 Å². The Hall–Kier alpha value is -3.02. The second kappa shape index (κ2) is 7.31. The molecule has 2 heterocycles. The van der Waals surface area contributed by atoms with Crippen LogP contribution in [0, 0.1) is 0 Å². The van der Waals surface area contributed by atoms with Crippen LogP contribution >= 0.6 is 23.2 Å². The van der Waals surface area contributed by atoms with E-state index in [1.807, 2.05) is 24.3 Å². The Kier molecular flexibility index (Phi) is 4.71. The van der Waals surface area contributed by atoms with E-state index < -0.39 is 0 Å². The lowest BCUT2D eigenvalue weighted by atomic mass is 10.1. The van der Waals surface area contributed by atoms with Gasteiger partial charge in [-0.2, -0.15) is 0 Å². The first-order valence-corrected chi connectivity index (χ1v) is 8.85. The number of fused-ring (bicyclic) bond motifs is 1. The molecule has 0 saturated carbocycles. The van der Waals surface area contributed by atoms with E-state index in [0.717, 1.165) is 10.8 Å². The van der Waals surface area contributed by atoms with Crippen molar-refractivity contribution >= 4 is 51.4 Å². The van der Waals surface area contributed by atoms with E-state index in [1.54, 1.807) is 42.6 Å². The number of anilines is 3. The summed E-state index contributed by atoms with van der Waals surface area (Å²) in [4.78, 5) is 8.70. The smallest absolute Gasteiger partial charge is 0.139 e. The maximum Gasteiger partial charge on any atom is 0.139 e. The number of halogens is 2. The highest BCUT2D eigenvalue weighted by Crippen LogP contribution is 2.30. The third-order valence-corrected chi connectivity index (χ3v) is 4.33. The number of ether oxygens (including phenoxy) is 1. The van der Waals surface area contributed by atoms with Gasteiger partial charge in [-0.3, -0.25) is 0 Å². The fourth-order valence-electron chi connectivity index (χ4n) is 2.65. The average Bonchev–Trinajstić information content (AvgIpc) is 2.64. The molecule has 0 saturated heterocycles. The molecule has 0 atom stereocenters. The summed E-state index contributed by atoms with van der Waals surface area (Å²) in [5, 5.41) is 6.35. The molecule has 0 unspecified atom stereocenters. The van der Waals surface area contributed by atoms with Crippen molar-refractivity contribution in [3.63, 3.8) is 0 Å². The van der Waals surface area contributed by atoms with Gasteiger partial charge in [0.15, 0.2) is 0 Å². The van der Waals surface area contributed by atoms with Gasteiger partial charge in [0.2, 0.25) is 0 Å². The van der Waals surface area contributed by atoms with Crippen molar-refractivity contribution in [2.75, 3.05) is 11.1 Å². The Bertz CT molecular complexity index is 1120. The van der Waals surface area contributed by atoms with E-state index in [0.29, 0.717) is 39.0 Å². The standard InChI is InChI=1S/C20H14Cl2N4O/c21-13-3-5-15(6-4-13)27-16-10-18(23)25-19(11-16)26-20-17-9-14(22)2-1-12(17)7-8-24-20/h1-11H,(H3,23,24,25,26). The lowest BCUT2D eigenvalue weighted by Gasteiger charge is -2.11. The normalized spacial score (nSPS) is 10.7. The molecule has 0 bridgehead atoms. The molecule has 27 heavy (non-hydrogen) atoms. The number of nitrogens with one attached hydrogen (secondary N) is 1. The maximum atomic E-state index is 6.12. The maximum absolute atomic E-state index is 6.12. The first-order chi connectivity index (χ1) is 13.1. The molecule has 5 nitrogen and oxygen atoms in total. The van der Waals surface area contributed by atoms with Crippen molar-refractivity contribution < 1.29 is 4.74 Å². The number of aromatic nitrogens is 2. The molecule has 0 aliphatic heterocycles. The Balaban J connectivity index is 1.66. The molecule has 2 aromatic carbocycles. The molecule has 0 amide bonds. The zero-order chi connectivity index (χ0) is 18.8. The first-order valence-electron chi connectivity index (χ1n) is 8.09. The minimum Gasteiger partial charge on any atom is -0.457 e. The van der Waals surface area contributed by atoms with Gasteiger partial charge < -0.3 is 15.8 Å². The van der Waals surface area contributed by atoms with Gasteiger partial charge in [-0.15, -0.1) is 0 Å². The van der Waals surface area contributed by atoms with Crippen molar-refractivity contribution in [1.29, 1.82) is 0 Å². The summed E-state index contributed by atoms with van der Waals surface area (Å²) in [5.41, 5.74) is 5.93. The quantitative estimate of drug-likeness (QED) is 0.438. The number of nitrogens with zero attached hydrogens (tertiary/aromatic N) is 2. The summed E-state index contributed by atoms with van der Waals surface area (Å²) < 4.78 is 5.84. The number of pyridine rings is 2. The molecule has 134 valence electrons. The number of nitrogens with two attached hydrogens (primary N) is 1. The van der Waals surface area contributed by atoms with Crippen LogP contribution in [-0.2, 0) is 0 Å². The molecule has 4 aromatic rings. The molecule has 7 heteroatoms. The van der Waals surface area contributed by atoms with E-state index in [1.165, 1.54) is 0 Å². The van der Waals surface area contributed by atoms with Crippen molar-refractivity contribution in [2.24, 2.45) is 0 Å². The molecule has 4 rings (SSSR count). The summed E-state index contributed by atoms with van der Waals surface area (Å²) in [6.07, 6.45) is 1.72. The molecule has 0 spiro atoms. The van der Waals surface area contributed by atoms with Gasteiger partial charge in [0.25, 0.3) is 0 Å². The number of rotatable bonds is 4. The van der Waals surface area contributed by atoms with Gasteiger partial charge in [0.05, 0.1) is 0 Å². The highest BCUT2D eigenvalue weighted by atomic mass is 35.5. The Labute approximate surface area is 165 Å². The molecule has 3 N–H and O–H groups in total. The van der Waals surface area contributed by atoms with Crippen LogP contribution in [0.5, 0.6) is 11.5 Å². The van der Waals surface area contributed by atoms with Crippen molar-refractivity contribution in [2.45, 2.75) is 0 Å². The third kappa shape index (κ3) is 4.05. The molecule has 0 radical (unpaired) electrons. The zero-order valence-corrected chi connectivity index (χ0v) is 15.5. The summed E-state index contributed by atoms with van der Waals surface area (Å²) in [5.74, 6) is 2.66. The van der Waals surface area contributed by atoms with Gasteiger partial charge in [0, 0.05) is 33.8 Å². The predicted octanol–water partition coefficient (Wildman–Crippen LogP) is 6.05. The van der Waals surface area contributed by atoms with Gasteiger partial charge in [-0.25, -0.2) is 9.97 Å². The fraction of sp³-hybridized carbons (Fsp3) is 0. The summed E-state index contributed by atoms with van der Waals surface area (Å²) in [6, 6.07) is 18.0. The summed E-state index contributed by atoms with van der Waals surface area (Å²) in [6.45, 7) is 0. The van der Waals surface area contributed by atoms with Crippen LogP contribution in [0.1, 0.15) is 0 Å². The Morgan fingerprint density at radius 3 is 2.44 bits per heavy atom. The van der Waals surface area contributed by atoms with Crippen LogP contribution in [0.25, 0.3) is 10.8 Å². The lowest BCUT2D eigenvalue weighted by molar-refractivity contribution is 0.482. The SMILES string of the molecule is Nc1cc(Oc2ccc(Cl)cc2)cc(Nc2nccc3ccc(Cl)cc23)n1. The third-order valence-electron chi connectivity index (χ3n) is 3.84. The first kappa shape index (κ1) is 17.4. The molecule has 0 fully saturated rings. The second-order valence-electron chi connectivity index (χ2n) is 5.82. The van der Waals surface area contributed by atoms with Gasteiger partial charge in [0.1, 0.15) is 29.0 Å². The van der Waals surface area contributed by atoms with Crippen LogP contribution in [0.3, 0.4) is 0 Å². The van der Waals surface area contributed by atoms with Gasteiger partial charge >= 0.3 is 0 Å². The van der Waals surface area contributed by atoms with E-state index >= 15 is 0 Å². The minimum absolute atomic E-state index is 0.322. The number of benzene rings is 2. The molecular weight excluding hydrogens is 383 g/mol. The largest absolute Gasteiger partial charge is 0.457 e. The Morgan fingerprint density at radius 1 is 0.852 bits per heavy atom. The second-order valence-corrected chi connectivity index (χ2v) is 6.69. The number of nitrogen functional groups attached to an aromatic ring is 1. The fourth-order valence-corrected chi connectivity index (χ4v) is 2.95. The van der Waals surface area contributed by atoms with E-state index in [-0.39, 0.29) is 0 Å². The van der Waals surface area contributed by atoms with Crippen LogP contribution in [-0.4, -0.2) is 9.97 Å². The highest BCUT2D eigenvalue weighted by Gasteiger charge is 2.08. The average molecular weight is 397 g/mol. The van der Waals surface area contributed by atoms with E-state index in [9.17, 15) is 0 Å². The highest BCUT2D eigenvalue weighted by molar-refractivity contribution is 6.31. The monoisotopic (exact) mass is 396 g/mol. The molecular formula is C20H14Cl2N4O. The molecule has 0 aliphatic rings. The van der Waals surface area contributed by atoms with Crippen LogP contribution in [0.15, 0.2) is 66.9 Å². The van der Waals surface area contributed by atoms with E-state index in [2.05, 4.69) is 15.3 Å². The predicted molar refractivity (Wildman–Crippen MR) is 110 cm³/mol. The minimum atomic E-state index is 0.322. The zero-order valence-electron chi connectivity index (χ0n) is 14.0. The van der Waals surface area contributed by atoms with Crippen molar-refractivity contribution in [1.82, 2.24) is 9.97 Å². The molecule has 2 aromatic heterocycles. The van der Waals surface area contributed by atoms with Crippen LogP contribution in [0.2, 0.25) is 10.0 Å². The van der Waals surface area contributed by atoms with Crippen LogP contribution in [0.4, 0.5) is 17.5 Å². The molecule has 0 aliphatic carbocycles. The lowest BCUT2D eigenvalue weighted by Crippen LogP contribution is -2.00. The van der Waals surface area contributed by atoms with E-state index in [4.69, 9.17) is 33.7 Å². The summed E-state index contributed by atoms with van der Waals surface area (Å²) in [7, 11) is 0. The van der Waals surface area contributed by atoms with Gasteiger partial charge in [-0.1, -0.05) is 29.3 Å². The number of hydrogen-bond donors (Lipinski definition) is 2. The number of hydrogen-bond acceptors (Lipinski definition) is 5. The van der Waals surface area contributed by atoms with Crippen LogP contribution < -0.4 is 15.8 Å². The Morgan fingerprint density at radius 2 is 1.63 bits per heavy atom.